The van der Waals surface area contributed by atoms with Gasteiger partial charge in [-0.25, -0.2) is 0 Å². The Kier molecular flexibility index (Phi) is 7.16. The van der Waals surface area contributed by atoms with E-state index in [1.807, 2.05) is 6.07 Å². The van der Waals surface area contributed by atoms with Gasteiger partial charge in [-0.2, -0.15) is 0 Å². The SMILES string of the molecule is COc1cccc(Cn2cccc2CN(Cc2ccccc2C)[C@H](C)C(C)C)c1. The average molecular weight is 391 g/mol. The van der Waals surface area contributed by atoms with Gasteiger partial charge in [-0.1, -0.05) is 50.2 Å². The molecule has 1 aromatic heterocycles. The number of hydrogen-bond donors (Lipinski definition) is 0. The van der Waals surface area contributed by atoms with Crippen molar-refractivity contribution in [2.45, 2.75) is 53.4 Å². The molecule has 0 amide bonds. The van der Waals surface area contributed by atoms with Crippen LogP contribution in [0, 0.1) is 12.8 Å². The Labute approximate surface area is 175 Å². The lowest BCUT2D eigenvalue weighted by Crippen LogP contribution is -2.36. The number of aromatic nitrogens is 1. The molecule has 0 bridgehead atoms. The van der Waals surface area contributed by atoms with Crippen molar-refractivity contribution in [3.05, 3.63) is 89.2 Å². The lowest BCUT2D eigenvalue weighted by Gasteiger charge is -2.32. The van der Waals surface area contributed by atoms with Crippen LogP contribution in [-0.2, 0) is 19.6 Å². The third-order valence-corrected chi connectivity index (χ3v) is 5.95. The number of hydrogen-bond acceptors (Lipinski definition) is 2. The summed E-state index contributed by atoms with van der Waals surface area (Å²) >= 11 is 0. The fourth-order valence-corrected chi connectivity index (χ4v) is 3.69. The molecule has 3 nitrogen and oxygen atoms in total. The fourth-order valence-electron chi connectivity index (χ4n) is 3.69. The number of rotatable bonds is 9. The van der Waals surface area contributed by atoms with Crippen molar-refractivity contribution >= 4 is 0 Å². The summed E-state index contributed by atoms with van der Waals surface area (Å²) in [6.07, 6.45) is 2.18. The maximum Gasteiger partial charge on any atom is 0.119 e. The van der Waals surface area contributed by atoms with Crippen LogP contribution >= 0.6 is 0 Å². The molecule has 154 valence electrons. The molecule has 2 aromatic carbocycles. The summed E-state index contributed by atoms with van der Waals surface area (Å²) in [5.41, 5.74) is 5.36. The van der Waals surface area contributed by atoms with E-state index >= 15 is 0 Å². The molecule has 0 aliphatic carbocycles. The summed E-state index contributed by atoms with van der Waals surface area (Å²) in [6, 6.07) is 22.0. The van der Waals surface area contributed by atoms with Crippen molar-refractivity contribution in [2.75, 3.05) is 7.11 Å². The summed E-state index contributed by atoms with van der Waals surface area (Å²) in [4.78, 5) is 2.60. The Morgan fingerprint density at radius 1 is 0.931 bits per heavy atom. The first-order valence-electron chi connectivity index (χ1n) is 10.5. The van der Waals surface area contributed by atoms with Crippen LogP contribution in [0.5, 0.6) is 5.75 Å². The first-order chi connectivity index (χ1) is 14.0. The van der Waals surface area contributed by atoms with Gasteiger partial charge < -0.3 is 9.30 Å². The monoisotopic (exact) mass is 390 g/mol. The molecular formula is C26H34N2O. The molecule has 3 heteroatoms. The number of aryl methyl sites for hydroxylation is 1. The molecule has 1 heterocycles. The normalized spacial score (nSPS) is 12.5. The van der Waals surface area contributed by atoms with Crippen LogP contribution in [0.2, 0.25) is 0 Å². The quantitative estimate of drug-likeness (QED) is 0.452. The van der Waals surface area contributed by atoms with Gasteiger partial charge in [0.25, 0.3) is 0 Å². The van der Waals surface area contributed by atoms with Gasteiger partial charge in [0.05, 0.1) is 7.11 Å². The van der Waals surface area contributed by atoms with E-state index in [9.17, 15) is 0 Å². The van der Waals surface area contributed by atoms with E-state index in [2.05, 4.69) is 98.0 Å². The molecule has 0 saturated carbocycles. The molecule has 0 N–H and O–H groups in total. The molecule has 0 aliphatic heterocycles. The minimum absolute atomic E-state index is 0.495. The molecule has 0 saturated heterocycles. The topological polar surface area (TPSA) is 17.4 Å². The lowest BCUT2D eigenvalue weighted by molar-refractivity contribution is 0.148. The van der Waals surface area contributed by atoms with Gasteiger partial charge in [0.15, 0.2) is 0 Å². The first-order valence-corrected chi connectivity index (χ1v) is 10.5. The molecule has 0 radical (unpaired) electrons. The smallest absolute Gasteiger partial charge is 0.119 e. The highest BCUT2D eigenvalue weighted by molar-refractivity contribution is 5.29. The minimum Gasteiger partial charge on any atom is -0.497 e. The number of ether oxygens (including phenoxy) is 1. The van der Waals surface area contributed by atoms with Crippen LogP contribution in [0.3, 0.4) is 0 Å². The summed E-state index contributed by atoms with van der Waals surface area (Å²) in [5.74, 6) is 1.51. The zero-order valence-electron chi connectivity index (χ0n) is 18.4. The highest BCUT2D eigenvalue weighted by Crippen LogP contribution is 2.21. The second kappa shape index (κ2) is 9.80. The van der Waals surface area contributed by atoms with Crippen LogP contribution in [0.25, 0.3) is 0 Å². The van der Waals surface area contributed by atoms with Gasteiger partial charge >= 0.3 is 0 Å². The van der Waals surface area contributed by atoms with E-state index in [0.717, 1.165) is 25.4 Å². The van der Waals surface area contributed by atoms with Crippen molar-refractivity contribution in [1.29, 1.82) is 0 Å². The standard InChI is InChI=1S/C26H34N2O/c1-20(2)22(4)28(18-24-12-7-6-10-21(24)3)19-25-13-9-15-27(25)17-23-11-8-14-26(16-23)29-5/h6-16,20,22H,17-19H2,1-5H3/t22-/m1/s1. The van der Waals surface area contributed by atoms with Crippen LogP contribution in [0.1, 0.15) is 43.2 Å². The second-order valence-electron chi connectivity index (χ2n) is 8.30. The average Bonchev–Trinajstić information content (AvgIpc) is 3.15. The Morgan fingerprint density at radius 3 is 2.45 bits per heavy atom. The van der Waals surface area contributed by atoms with E-state index in [4.69, 9.17) is 4.74 Å². The van der Waals surface area contributed by atoms with Crippen LogP contribution < -0.4 is 4.74 Å². The van der Waals surface area contributed by atoms with E-state index < -0.39 is 0 Å². The fraction of sp³-hybridized carbons (Fsp3) is 0.385. The Hall–Kier alpha value is -2.52. The molecule has 3 aromatic rings. The molecule has 29 heavy (non-hydrogen) atoms. The van der Waals surface area contributed by atoms with Gasteiger partial charge in [0.2, 0.25) is 0 Å². The molecule has 1 atom stereocenters. The van der Waals surface area contributed by atoms with Crippen molar-refractivity contribution in [2.24, 2.45) is 5.92 Å². The zero-order valence-corrected chi connectivity index (χ0v) is 18.4. The predicted octanol–water partition coefficient (Wildman–Crippen LogP) is 5.90. The van der Waals surface area contributed by atoms with Gasteiger partial charge in [0.1, 0.15) is 5.75 Å². The third kappa shape index (κ3) is 5.51. The molecular weight excluding hydrogens is 356 g/mol. The maximum atomic E-state index is 5.39. The highest BCUT2D eigenvalue weighted by atomic mass is 16.5. The van der Waals surface area contributed by atoms with Crippen molar-refractivity contribution in [3.8, 4) is 5.75 Å². The lowest BCUT2D eigenvalue weighted by atomic mass is 10.0. The maximum absolute atomic E-state index is 5.39. The number of nitrogens with zero attached hydrogens (tertiary/aromatic N) is 2. The zero-order chi connectivity index (χ0) is 20.8. The third-order valence-electron chi connectivity index (χ3n) is 5.95. The summed E-state index contributed by atoms with van der Waals surface area (Å²) in [5, 5.41) is 0. The van der Waals surface area contributed by atoms with Crippen LogP contribution in [0.15, 0.2) is 66.9 Å². The number of methoxy groups -OCH3 is 1. The molecule has 0 spiro atoms. The van der Waals surface area contributed by atoms with Crippen LogP contribution in [-0.4, -0.2) is 22.6 Å². The molecule has 0 fully saturated rings. The second-order valence-corrected chi connectivity index (χ2v) is 8.30. The van der Waals surface area contributed by atoms with Crippen LogP contribution in [0.4, 0.5) is 0 Å². The van der Waals surface area contributed by atoms with Gasteiger partial charge in [-0.05, 0) is 60.7 Å². The Morgan fingerprint density at radius 2 is 1.72 bits per heavy atom. The van der Waals surface area contributed by atoms with Crippen molar-refractivity contribution in [3.63, 3.8) is 0 Å². The summed E-state index contributed by atoms with van der Waals surface area (Å²) in [7, 11) is 1.72. The Bertz CT molecular complexity index is 912. The largest absolute Gasteiger partial charge is 0.497 e. The van der Waals surface area contributed by atoms with Gasteiger partial charge in [0, 0.05) is 37.6 Å². The molecule has 0 aliphatic rings. The van der Waals surface area contributed by atoms with E-state index in [0.29, 0.717) is 12.0 Å². The van der Waals surface area contributed by atoms with Crippen molar-refractivity contribution in [1.82, 2.24) is 9.47 Å². The first kappa shape index (κ1) is 21.2. The van der Waals surface area contributed by atoms with E-state index in [1.54, 1.807) is 7.11 Å². The summed E-state index contributed by atoms with van der Waals surface area (Å²) < 4.78 is 7.74. The number of benzene rings is 2. The van der Waals surface area contributed by atoms with E-state index in [1.165, 1.54) is 22.4 Å². The van der Waals surface area contributed by atoms with Gasteiger partial charge in [-0.15, -0.1) is 0 Å². The van der Waals surface area contributed by atoms with Crippen molar-refractivity contribution < 1.29 is 4.74 Å². The highest BCUT2D eigenvalue weighted by Gasteiger charge is 2.20. The van der Waals surface area contributed by atoms with E-state index in [-0.39, 0.29) is 0 Å². The van der Waals surface area contributed by atoms with Gasteiger partial charge in [-0.3, -0.25) is 4.90 Å². The summed E-state index contributed by atoms with van der Waals surface area (Å²) in [6.45, 7) is 11.9. The molecule has 3 rings (SSSR count). The predicted molar refractivity (Wildman–Crippen MR) is 121 cm³/mol. The molecule has 0 unspecified atom stereocenters. The Balaban J connectivity index is 1.81. The minimum atomic E-state index is 0.495.